The van der Waals surface area contributed by atoms with E-state index >= 15 is 0 Å². The summed E-state index contributed by atoms with van der Waals surface area (Å²) in [4.78, 5) is 11.3. The van der Waals surface area contributed by atoms with Crippen LogP contribution in [0.3, 0.4) is 0 Å². The van der Waals surface area contributed by atoms with E-state index in [0.717, 1.165) is 0 Å². The van der Waals surface area contributed by atoms with Crippen LogP contribution in [0.2, 0.25) is 15.1 Å². The number of benzene rings is 1. The van der Waals surface area contributed by atoms with Crippen LogP contribution in [0.1, 0.15) is 15.2 Å². The minimum atomic E-state index is -0.944. The second-order valence-electron chi connectivity index (χ2n) is 3.68. The van der Waals surface area contributed by atoms with Crippen LogP contribution in [0.25, 0.3) is 0 Å². The first-order valence-corrected chi connectivity index (χ1v) is 7.18. The van der Waals surface area contributed by atoms with Gasteiger partial charge in [-0.05, 0) is 29.1 Å². The molecule has 0 bridgehead atoms. The highest BCUT2D eigenvalue weighted by Gasteiger charge is 2.13. The van der Waals surface area contributed by atoms with Crippen LogP contribution in [0, 0.1) is 0 Å². The Morgan fingerprint density at radius 3 is 2.47 bits per heavy atom. The minimum Gasteiger partial charge on any atom is -0.477 e. The highest BCUT2D eigenvalue weighted by molar-refractivity contribution is 7.12. The summed E-state index contributed by atoms with van der Waals surface area (Å²) < 4.78 is 0. The summed E-state index contributed by atoms with van der Waals surface area (Å²) in [5.74, 6) is -0.944. The molecule has 1 aromatic heterocycles. The molecule has 0 unspecified atom stereocenters. The van der Waals surface area contributed by atoms with Gasteiger partial charge in [0, 0.05) is 11.6 Å². The summed E-state index contributed by atoms with van der Waals surface area (Å²) in [7, 11) is 0. The average Bonchev–Trinajstić information content (AvgIpc) is 2.75. The van der Waals surface area contributed by atoms with E-state index in [2.05, 4.69) is 5.32 Å². The number of carboxylic acids is 1. The second-order valence-corrected chi connectivity index (χ2v) is 5.85. The van der Waals surface area contributed by atoms with E-state index in [1.807, 2.05) is 0 Å². The molecular formula is C12H8Cl3NO2S. The SMILES string of the molecule is O=C(O)c1sccc1CNc1c(Cl)cc(Cl)cc1Cl. The van der Waals surface area contributed by atoms with Gasteiger partial charge in [-0.15, -0.1) is 11.3 Å². The predicted molar refractivity (Wildman–Crippen MR) is 80.1 cm³/mol. The van der Waals surface area contributed by atoms with Crippen molar-refractivity contribution >= 4 is 57.8 Å². The molecule has 0 aliphatic rings. The fourth-order valence-electron chi connectivity index (χ4n) is 1.56. The molecule has 7 heteroatoms. The van der Waals surface area contributed by atoms with Crippen molar-refractivity contribution in [3.8, 4) is 0 Å². The normalized spacial score (nSPS) is 10.5. The van der Waals surface area contributed by atoms with Crippen LogP contribution >= 0.6 is 46.1 Å². The molecule has 2 N–H and O–H groups in total. The van der Waals surface area contributed by atoms with Crippen LogP contribution in [0.15, 0.2) is 23.6 Å². The molecule has 19 heavy (non-hydrogen) atoms. The van der Waals surface area contributed by atoms with Crippen molar-refractivity contribution in [1.82, 2.24) is 0 Å². The maximum Gasteiger partial charge on any atom is 0.346 e. The summed E-state index contributed by atoms with van der Waals surface area (Å²) in [6.07, 6.45) is 0. The molecule has 0 aliphatic heterocycles. The lowest BCUT2D eigenvalue weighted by atomic mass is 10.2. The van der Waals surface area contributed by atoms with Crippen LogP contribution in [-0.4, -0.2) is 11.1 Å². The van der Waals surface area contributed by atoms with Crippen molar-refractivity contribution < 1.29 is 9.90 Å². The van der Waals surface area contributed by atoms with Crippen molar-refractivity contribution in [3.63, 3.8) is 0 Å². The van der Waals surface area contributed by atoms with Crippen LogP contribution in [0.4, 0.5) is 5.69 Å². The zero-order valence-corrected chi connectivity index (χ0v) is 12.5. The highest BCUT2D eigenvalue weighted by atomic mass is 35.5. The molecule has 100 valence electrons. The van der Waals surface area contributed by atoms with Gasteiger partial charge in [-0.1, -0.05) is 34.8 Å². The third kappa shape index (κ3) is 3.34. The van der Waals surface area contributed by atoms with E-state index in [4.69, 9.17) is 39.9 Å². The first kappa shape index (κ1) is 14.5. The van der Waals surface area contributed by atoms with Crippen molar-refractivity contribution in [2.24, 2.45) is 0 Å². The summed E-state index contributed by atoms with van der Waals surface area (Å²) in [6.45, 7) is 0.326. The lowest BCUT2D eigenvalue weighted by Crippen LogP contribution is -2.04. The molecule has 0 radical (unpaired) electrons. The van der Waals surface area contributed by atoms with Crippen LogP contribution < -0.4 is 5.32 Å². The fraction of sp³-hybridized carbons (Fsp3) is 0.0833. The maximum absolute atomic E-state index is 11.0. The molecule has 0 spiro atoms. The highest BCUT2D eigenvalue weighted by Crippen LogP contribution is 2.34. The van der Waals surface area contributed by atoms with Gasteiger partial charge < -0.3 is 10.4 Å². The van der Waals surface area contributed by atoms with E-state index in [-0.39, 0.29) is 0 Å². The molecule has 0 atom stereocenters. The van der Waals surface area contributed by atoms with Gasteiger partial charge >= 0.3 is 5.97 Å². The molecule has 2 aromatic rings. The quantitative estimate of drug-likeness (QED) is 0.824. The zero-order chi connectivity index (χ0) is 14.0. The number of rotatable bonds is 4. The molecule has 3 nitrogen and oxygen atoms in total. The number of thiophene rings is 1. The molecule has 0 saturated carbocycles. The third-order valence-electron chi connectivity index (χ3n) is 2.40. The topological polar surface area (TPSA) is 49.3 Å². The summed E-state index contributed by atoms with van der Waals surface area (Å²) in [5.41, 5.74) is 1.22. The summed E-state index contributed by atoms with van der Waals surface area (Å²) in [5, 5.41) is 15.0. The largest absolute Gasteiger partial charge is 0.477 e. The maximum atomic E-state index is 11.0. The Morgan fingerprint density at radius 2 is 1.89 bits per heavy atom. The Hall–Kier alpha value is -0.940. The Morgan fingerprint density at radius 1 is 1.26 bits per heavy atom. The molecule has 0 amide bonds. The Balaban J connectivity index is 2.19. The number of nitrogens with one attached hydrogen (secondary N) is 1. The molecule has 1 aromatic carbocycles. The molecule has 2 rings (SSSR count). The van der Waals surface area contributed by atoms with Gasteiger partial charge in [0.25, 0.3) is 0 Å². The van der Waals surface area contributed by atoms with Crippen molar-refractivity contribution in [2.75, 3.05) is 5.32 Å². The van der Waals surface area contributed by atoms with Gasteiger partial charge in [0.2, 0.25) is 0 Å². The summed E-state index contributed by atoms with van der Waals surface area (Å²) in [6, 6.07) is 4.89. The smallest absolute Gasteiger partial charge is 0.346 e. The van der Waals surface area contributed by atoms with Crippen LogP contribution in [-0.2, 0) is 6.54 Å². The lowest BCUT2D eigenvalue weighted by molar-refractivity contribution is 0.0701. The van der Waals surface area contributed by atoms with Crippen molar-refractivity contribution in [2.45, 2.75) is 6.54 Å². The first-order valence-electron chi connectivity index (χ1n) is 5.17. The number of hydrogen-bond donors (Lipinski definition) is 2. The van der Waals surface area contributed by atoms with E-state index in [1.165, 1.54) is 11.3 Å². The van der Waals surface area contributed by atoms with Gasteiger partial charge in [-0.25, -0.2) is 4.79 Å². The molecule has 0 aliphatic carbocycles. The molecule has 0 saturated heterocycles. The zero-order valence-electron chi connectivity index (χ0n) is 9.41. The number of hydrogen-bond acceptors (Lipinski definition) is 3. The minimum absolute atomic E-state index is 0.300. The number of anilines is 1. The standard InChI is InChI=1S/C12H8Cl3NO2S/c13-7-3-8(14)10(9(15)4-7)16-5-6-1-2-19-11(6)12(17)18/h1-4,16H,5H2,(H,17,18). The molecular weight excluding hydrogens is 329 g/mol. The number of carbonyl (C=O) groups is 1. The number of carboxylic acid groups (broad SMARTS) is 1. The van der Waals surface area contributed by atoms with E-state index in [9.17, 15) is 4.79 Å². The monoisotopic (exact) mass is 335 g/mol. The fourth-order valence-corrected chi connectivity index (χ4v) is 3.27. The van der Waals surface area contributed by atoms with Gasteiger partial charge in [0.1, 0.15) is 4.88 Å². The molecule has 0 fully saturated rings. The van der Waals surface area contributed by atoms with Crippen LogP contribution in [0.5, 0.6) is 0 Å². The van der Waals surface area contributed by atoms with E-state index in [1.54, 1.807) is 23.6 Å². The summed E-state index contributed by atoms with van der Waals surface area (Å²) >= 11 is 19.1. The number of aromatic carboxylic acids is 1. The van der Waals surface area contributed by atoms with Crippen molar-refractivity contribution in [3.05, 3.63) is 49.1 Å². The van der Waals surface area contributed by atoms with Gasteiger partial charge in [-0.2, -0.15) is 0 Å². The average molecular weight is 337 g/mol. The van der Waals surface area contributed by atoms with Crippen molar-refractivity contribution in [1.29, 1.82) is 0 Å². The number of halogens is 3. The first-order chi connectivity index (χ1) is 8.99. The van der Waals surface area contributed by atoms with E-state index < -0.39 is 5.97 Å². The van der Waals surface area contributed by atoms with Gasteiger partial charge in [0.15, 0.2) is 0 Å². The third-order valence-corrected chi connectivity index (χ3v) is 4.16. The Labute approximate surface area is 128 Å². The second kappa shape index (κ2) is 6.01. The van der Waals surface area contributed by atoms with Gasteiger partial charge in [0.05, 0.1) is 15.7 Å². The predicted octanol–water partition coefficient (Wildman–Crippen LogP) is 5.02. The Kier molecular flexibility index (Phi) is 4.58. The lowest BCUT2D eigenvalue weighted by Gasteiger charge is -2.10. The van der Waals surface area contributed by atoms with Gasteiger partial charge in [-0.3, -0.25) is 0 Å². The van der Waals surface area contributed by atoms with E-state index in [0.29, 0.717) is 37.7 Å². The molecule has 1 heterocycles. The Bertz CT molecular complexity index is 604.